The number of aryl methyl sites for hydroxylation is 1. The average Bonchev–Trinajstić information content (AvgIpc) is 2.20. The van der Waals surface area contributed by atoms with Gasteiger partial charge in [0.05, 0.1) is 6.10 Å². The van der Waals surface area contributed by atoms with Crippen molar-refractivity contribution in [3.63, 3.8) is 0 Å². The van der Waals surface area contributed by atoms with E-state index in [1.54, 1.807) is 12.4 Å². The Kier molecular flexibility index (Phi) is 4.08. The van der Waals surface area contributed by atoms with Crippen molar-refractivity contribution >= 4 is 0 Å². The van der Waals surface area contributed by atoms with Crippen LogP contribution in [0, 0.1) is 12.8 Å². The molecule has 0 fully saturated rings. The van der Waals surface area contributed by atoms with Crippen LogP contribution in [0.25, 0.3) is 0 Å². The summed E-state index contributed by atoms with van der Waals surface area (Å²) in [6.07, 6.45) is 5.24. The minimum atomic E-state index is -0.340. The summed E-state index contributed by atoms with van der Waals surface area (Å²) in [5.41, 5.74) is 2.10. The largest absolute Gasteiger partial charge is 0.388 e. The number of hydrogen-bond acceptors (Lipinski definition) is 2. The highest BCUT2D eigenvalue weighted by atomic mass is 16.3. The highest BCUT2D eigenvalue weighted by molar-refractivity contribution is 5.24. The van der Waals surface area contributed by atoms with Crippen LogP contribution in [0.15, 0.2) is 18.5 Å². The van der Waals surface area contributed by atoms with E-state index in [9.17, 15) is 5.11 Å². The van der Waals surface area contributed by atoms with Crippen LogP contribution >= 0.6 is 0 Å². The summed E-state index contributed by atoms with van der Waals surface area (Å²) in [6.45, 7) is 6.23. The molecule has 0 aromatic carbocycles. The normalized spacial score (nSPS) is 13.2. The smallest absolute Gasteiger partial charge is 0.0821 e. The molecule has 1 atom stereocenters. The topological polar surface area (TPSA) is 33.1 Å². The molecule has 1 heterocycles. The van der Waals surface area contributed by atoms with Crippen LogP contribution in [0.5, 0.6) is 0 Å². The Bertz CT molecular complexity index is 281. The van der Waals surface area contributed by atoms with Crippen LogP contribution in [0.1, 0.15) is 43.9 Å². The minimum absolute atomic E-state index is 0.340. The molecular weight excluding hydrogens is 174 g/mol. The Morgan fingerprint density at radius 1 is 1.36 bits per heavy atom. The first kappa shape index (κ1) is 11.2. The maximum Gasteiger partial charge on any atom is 0.0821 e. The molecule has 0 amide bonds. The van der Waals surface area contributed by atoms with Gasteiger partial charge in [-0.25, -0.2) is 0 Å². The van der Waals surface area contributed by atoms with Crippen molar-refractivity contribution < 1.29 is 5.11 Å². The first-order valence-electron chi connectivity index (χ1n) is 5.29. The molecule has 1 aromatic heterocycles. The molecule has 1 rings (SSSR count). The summed E-state index contributed by atoms with van der Waals surface area (Å²) in [4.78, 5) is 4.03. The van der Waals surface area contributed by atoms with E-state index in [0.717, 1.165) is 24.0 Å². The molecule has 0 aliphatic carbocycles. The van der Waals surface area contributed by atoms with Crippen LogP contribution in [-0.2, 0) is 0 Å². The SMILES string of the molecule is CCC(CC)C(O)c1ccncc1C. The standard InChI is InChI=1S/C12H19NO/c1-4-10(5-2)12(14)11-6-7-13-8-9(11)3/h6-8,10,12,14H,4-5H2,1-3H3. The molecule has 0 saturated carbocycles. The van der Waals surface area contributed by atoms with Gasteiger partial charge in [0.2, 0.25) is 0 Å². The number of pyridine rings is 1. The van der Waals surface area contributed by atoms with Crippen LogP contribution in [0.3, 0.4) is 0 Å². The third kappa shape index (κ3) is 2.32. The predicted molar refractivity (Wildman–Crippen MR) is 58.0 cm³/mol. The zero-order valence-electron chi connectivity index (χ0n) is 9.20. The van der Waals surface area contributed by atoms with Gasteiger partial charge in [0, 0.05) is 12.4 Å². The molecule has 2 heteroatoms. The molecule has 14 heavy (non-hydrogen) atoms. The second kappa shape index (κ2) is 5.11. The fraction of sp³-hybridized carbons (Fsp3) is 0.583. The maximum atomic E-state index is 10.1. The molecule has 0 aliphatic rings. The number of hydrogen-bond donors (Lipinski definition) is 1. The van der Waals surface area contributed by atoms with Crippen molar-refractivity contribution in [3.8, 4) is 0 Å². The highest BCUT2D eigenvalue weighted by Gasteiger charge is 2.18. The Labute approximate surface area is 86.0 Å². The predicted octanol–water partition coefficient (Wildman–Crippen LogP) is 2.86. The summed E-state index contributed by atoms with van der Waals surface area (Å²) >= 11 is 0. The van der Waals surface area contributed by atoms with Gasteiger partial charge >= 0.3 is 0 Å². The summed E-state index contributed by atoms with van der Waals surface area (Å²) in [7, 11) is 0. The number of aromatic nitrogens is 1. The van der Waals surface area contributed by atoms with Crippen molar-refractivity contribution in [1.82, 2.24) is 4.98 Å². The van der Waals surface area contributed by atoms with E-state index in [1.807, 2.05) is 13.0 Å². The number of rotatable bonds is 4. The van der Waals surface area contributed by atoms with Gasteiger partial charge in [0.25, 0.3) is 0 Å². The second-order valence-corrected chi connectivity index (χ2v) is 3.75. The summed E-state index contributed by atoms with van der Waals surface area (Å²) in [5.74, 6) is 0.357. The first-order chi connectivity index (χ1) is 6.70. The van der Waals surface area contributed by atoms with E-state index < -0.39 is 0 Å². The molecule has 0 spiro atoms. The van der Waals surface area contributed by atoms with Gasteiger partial charge in [0.15, 0.2) is 0 Å². The first-order valence-corrected chi connectivity index (χ1v) is 5.29. The molecule has 0 saturated heterocycles. The van der Waals surface area contributed by atoms with Crippen LogP contribution < -0.4 is 0 Å². The van der Waals surface area contributed by atoms with E-state index in [2.05, 4.69) is 18.8 Å². The van der Waals surface area contributed by atoms with Gasteiger partial charge in [0.1, 0.15) is 0 Å². The van der Waals surface area contributed by atoms with E-state index >= 15 is 0 Å². The molecule has 78 valence electrons. The van der Waals surface area contributed by atoms with Crippen LogP contribution in [0.2, 0.25) is 0 Å². The van der Waals surface area contributed by atoms with Gasteiger partial charge in [-0.1, -0.05) is 26.7 Å². The number of aliphatic hydroxyl groups is 1. The van der Waals surface area contributed by atoms with Crippen molar-refractivity contribution in [3.05, 3.63) is 29.6 Å². The van der Waals surface area contributed by atoms with Gasteiger partial charge < -0.3 is 5.11 Å². The van der Waals surface area contributed by atoms with Crippen LogP contribution in [0.4, 0.5) is 0 Å². The molecule has 1 N–H and O–H groups in total. The molecule has 1 aromatic rings. The zero-order chi connectivity index (χ0) is 10.6. The Balaban J connectivity index is 2.88. The van der Waals surface area contributed by atoms with Gasteiger partial charge in [-0.3, -0.25) is 4.98 Å². The zero-order valence-corrected chi connectivity index (χ0v) is 9.20. The van der Waals surface area contributed by atoms with Crippen molar-refractivity contribution in [2.75, 3.05) is 0 Å². The number of nitrogens with zero attached hydrogens (tertiary/aromatic N) is 1. The minimum Gasteiger partial charge on any atom is -0.388 e. The lowest BCUT2D eigenvalue weighted by atomic mass is 9.90. The van der Waals surface area contributed by atoms with E-state index in [-0.39, 0.29) is 6.10 Å². The van der Waals surface area contributed by atoms with Crippen molar-refractivity contribution in [2.45, 2.75) is 39.7 Å². The second-order valence-electron chi connectivity index (χ2n) is 3.75. The quantitative estimate of drug-likeness (QED) is 0.797. The van der Waals surface area contributed by atoms with E-state index in [4.69, 9.17) is 0 Å². The summed E-state index contributed by atoms with van der Waals surface area (Å²) in [6, 6.07) is 1.92. The summed E-state index contributed by atoms with van der Waals surface area (Å²) in [5, 5.41) is 10.1. The molecule has 0 radical (unpaired) electrons. The monoisotopic (exact) mass is 193 g/mol. The fourth-order valence-electron chi connectivity index (χ4n) is 1.81. The van der Waals surface area contributed by atoms with Crippen LogP contribution in [-0.4, -0.2) is 10.1 Å². The number of aliphatic hydroxyl groups excluding tert-OH is 1. The fourth-order valence-corrected chi connectivity index (χ4v) is 1.81. The molecule has 0 bridgehead atoms. The molecular formula is C12H19NO. The van der Waals surface area contributed by atoms with Gasteiger partial charge in [-0.15, -0.1) is 0 Å². The Hall–Kier alpha value is -0.890. The van der Waals surface area contributed by atoms with E-state index in [1.165, 1.54) is 0 Å². The van der Waals surface area contributed by atoms with E-state index in [0.29, 0.717) is 5.92 Å². The van der Waals surface area contributed by atoms with Crippen molar-refractivity contribution in [1.29, 1.82) is 0 Å². The third-order valence-corrected chi connectivity index (χ3v) is 2.88. The molecule has 2 nitrogen and oxygen atoms in total. The highest BCUT2D eigenvalue weighted by Crippen LogP contribution is 2.28. The molecule has 1 unspecified atom stereocenters. The third-order valence-electron chi connectivity index (χ3n) is 2.88. The lowest BCUT2D eigenvalue weighted by Crippen LogP contribution is -2.12. The lowest BCUT2D eigenvalue weighted by molar-refractivity contribution is 0.103. The van der Waals surface area contributed by atoms with Gasteiger partial charge in [-0.05, 0) is 30.0 Å². The average molecular weight is 193 g/mol. The van der Waals surface area contributed by atoms with Gasteiger partial charge in [-0.2, -0.15) is 0 Å². The lowest BCUT2D eigenvalue weighted by Gasteiger charge is -2.21. The Morgan fingerprint density at radius 2 is 2.00 bits per heavy atom. The summed E-state index contributed by atoms with van der Waals surface area (Å²) < 4.78 is 0. The molecule has 0 aliphatic heterocycles. The van der Waals surface area contributed by atoms with Crippen molar-refractivity contribution in [2.24, 2.45) is 5.92 Å². The Morgan fingerprint density at radius 3 is 2.50 bits per heavy atom. The maximum absolute atomic E-state index is 10.1.